The molecule has 1 aliphatic heterocycles. The number of carbonyl (C=O) groups is 2. The van der Waals surface area contributed by atoms with Crippen LogP contribution >= 0.6 is 11.3 Å². The highest BCUT2D eigenvalue weighted by atomic mass is 32.1. The number of pyridine rings is 1. The molecule has 9 nitrogen and oxygen atoms in total. The van der Waals surface area contributed by atoms with Crippen LogP contribution in [-0.2, 0) is 22.6 Å². The molecule has 0 bridgehead atoms. The number of ether oxygens (including phenoxy) is 1. The lowest BCUT2D eigenvalue weighted by Gasteiger charge is -2.15. The zero-order valence-corrected chi connectivity index (χ0v) is 20.3. The van der Waals surface area contributed by atoms with Gasteiger partial charge in [0.25, 0.3) is 5.56 Å². The third kappa shape index (κ3) is 5.28. The number of thiophene rings is 1. The smallest absolute Gasteiger partial charge is 0.278 e. The van der Waals surface area contributed by atoms with Crippen molar-refractivity contribution >= 4 is 38.9 Å². The van der Waals surface area contributed by atoms with Crippen molar-refractivity contribution in [2.75, 3.05) is 11.9 Å². The van der Waals surface area contributed by atoms with Crippen LogP contribution < -0.4 is 20.9 Å². The Kier molecular flexibility index (Phi) is 7.03. The number of fused-ring (bicyclic) bond motifs is 2. The van der Waals surface area contributed by atoms with E-state index < -0.39 is 11.6 Å². The average Bonchev–Trinajstić information content (AvgIpc) is 3.52. The summed E-state index contributed by atoms with van der Waals surface area (Å²) in [4.78, 5) is 47.9. The van der Waals surface area contributed by atoms with Crippen LogP contribution in [0.25, 0.3) is 10.1 Å². The van der Waals surface area contributed by atoms with Gasteiger partial charge in [-0.3, -0.25) is 23.9 Å². The van der Waals surface area contributed by atoms with Crippen molar-refractivity contribution in [1.82, 2.24) is 19.9 Å². The molecule has 0 spiro atoms. The monoisotopic (exact) mass is 503 g/mol. The van der Waals surface area contributed by atoms with Crippen LogP contribution in [0.4, 0.5) is 5.69 Å². The Morgan fingerprint density at radius 1 is 1.17 bits per heavy atom. The van der Waals surface area contributed by atoms with Crippen LogP contribution in [0.3, 0.4) is 0 Å². The fourth-order valence-corrected chi connectivity index (χ4v) is 5.18. The fraction of sp³-hybridized carbons (Fsp3) is 0.269. The summed E-state index contributed by atoms with van der Waals surface area (Å²) in [5, 5.41) is 6.62. The van der Waals surface area contributed by atoms with Gasteiger partial charge in [-0.25, -0.2) is 4.98 Å². The number of hydrogen-bond acceptors (Lipinski definition) is 7. The summed E-state index contributed by atoms with van der Waals surface area (Å²) >= 11 is 1.59. The maximum absolute atomic E-state index is 13.1. The summed E-state index contributed by atoms with van der Waals surface area (Å²) in [6.45, 7) is 0.755. The average molecular weight is 504 g/mol. The van der Waals surface area contributed by atoms with E-state index in [4.69, 9.17) is 4.74 Å². The minimum absolute atomic E-state index is 0.0736. The first-order valence-electron chi connectivity index (χ1n) is 11.8. The molecular weight excluding hydrogens is 478 g/mol. The van der Waals surface area contributed by atoms with E-state index in [2.05, 4.69) is 20.6 Å². The second-order valence-electron chi connectivity index (χ2n) is 8.47. The van der Waals surface area contributed by atoms with Crippen LogP contribution in [0.2, 0.25) is 0 Å². The lowest BCUT2D eigenvalue weighted by molar-refractivity contribution is -0.124. The van der Waals surface area contributed by atoms with E-state index in [9.17, 15) is 14.4 Å². The number of anilines is 1. The molecule has 2 N–H and O–H groups in total. The highest BCUT2D eigenvalue weighted by Gasteiger charge is 2.31. The molecule has 0 fully saturated rings. The quantitative estimate of drug-likeness (QED) is 0.338. The van der Waals surface area contributed by atoms with Gasteiger partial charge in [0.1, 0.15) is 23.3 Å². The van der Waals surface area contributed by atoms with Gasteiger partial charge in [0.2, 0.25) is 11.8 Å². The van der Waals surface area contributed by atoms with Crippen LogP contribution in [0.1, 0.15) is 36.0 Å². The zero-order chi connectivity index (χ0) is 24.9. The summed E-state index contributed by atoms with van der Waals surface area (Å²) < 4.78 is 8.10. The summed E-state index contributed by atoms with van der Waals surface area (Å²) in [6.07, 6.45) is 6.61. The Balaban J connectivity index is 1.18. The van der Waals surface area contributed by atoms with Gasteiger partial charge >= 0.3 is 0 Å². The Labute approximate surface area is 211 Å². The number of nitrogens with one attached hydrogen (secondary N) is 2. The molecule has 4 heterocycles. The van der Waals surface area contributed by atoms with Gasteiger partial charge in [0, 0.05) is 40.2 Å². The molecule has 0 saturated carbocycles. The Hall–Kier alpha value is -4.05. The summed E-state index contributed by atoms with van der Waals surface area (Å²) in [6, 6.07) is 12.6. The van der Waals surface area contributed by atoms with E-state index in [1.807, 2.05) is 42.5 Å². The first-order chi connectivity index (χ1) is 17.6. The molecule has 0 unspecified atom stereocenters. The number of aryl methyl sites for hydroxylation is 1. The van der Waals surface area contributed by atoms with Crippen LogP contribution in [0.5, 0.6) is 5.75 Å². The lowest BCUT2D eigenvalue weighted by Crippen LogP contribution is -2.36. The number of nitrogens with zero attached hydrogens (tertiary/aromatic N) is 3. The van der Waals surface area contributed by atoms with E-state index in [-0.39, 0.29) is 23.9 Å². The minimum Gasteiger partial charge on any atom is -0.494 e. The number of amides is 2. The molecule has 4 aromatic rings. The Morgan fingerprint density at radius 3 is 2.86 bits per heavy atom. The molecule has 36 heavy (non-hydrogen) atoms. The highest BCUT2D eigenvalue weighted by molar-refractivity contribution is 7.19. The number of hydrogen-bond donors (Lipinski definition) is 2. The van der Waals surface area contributed by atoms with Crippen molar-refractivity contribution in [2.24, 2.45) is 0 Å². The van der Waals surface area contributed by atoms with Gasteiger partial charge in [-0.15, -0.1) is 11.3 Å². The molecule has 5 rings (SSSR count). The fourth-order valence-electron chi connectivity index (χ4n) is 4.21. The molecule has 2 amide bonds. The second-order valence-corrected chi connectivity index (χ2v) is 9.64. The standard InChI is InChI=1S/C26H25N5O4S/c32-24(7-4-12-35-18-5-2-1-3-6-18)30-20-16-28-23-9-8-21(31(23)26(20)34)25(33)29-15-19-13-17-14-27-11-10-22(17)36-19/h1-3,5-6,10-11,13-14,16,21H,4,7-9,12,15H2,(H,29,33)(H,30,32)/t21-/m0/s1. The molecule has 0 aliphatic carbocycles. The van der Waals surface area contributed by atoms with E-state index in [1.54, 1.807) is 23.7 Å². The van der Waals surface area contributed by atoms with E-state index in [0.717, 1.165) is 20.7 Å². The van der Waals surface area contributed by atoms with Crippen LogP contribution in [-0.4, -0.2) is 33.0 Å². The summed E-state index contributed by atoms with van der Waals surface area (Å²) in [5.74, 6) is 0.745. The van der Waals surface area contributed by atoms with Gasteiger partial charge < -0.3 is 15.4 Å². The maximum Gasteiger partial charge on any atom is 0.278 e. The summed E-state index contributed by atoms with van der Waals surface area (Å²) in [5.41, 5.74) is -0.344. The van der Waals surface area contributed by atoms with Crippen LogP contribution in [0.15, 0.2) is 65.8 Å². The number of benzene rings is 1. The van der Waals surface area contributed by atoms with Gasteiger partial charge in [0.05, 0.1) is 19.3 Å². The topological polar surface area (TPSA) is 115 Å². The molecule has 1 aliphatic rings. The van der Waals surface area contributed by atoms with Crippen molar-refractivity contribution in [1.29, 1.82) is 0 Å². The predicted octanol–water partition coefficient (Wildman–Crippen LogP) is 3.45. The first-order valence-corrected chi connectivity index (χ1v) is 12.6. The predicted molar refractivity (Wildman–Crippen MR) is 137 cm³/mol. The number of aromatic nitrogens is 3. The SMILES string of the molecule is O=C(CCCOc1ccccc1)Nc1cnc2n(c1=O)[C@H](C(=O)NCc1cc3cnccc3s1)CC2. The number of rotatable bonds is 9. The molecule has 3 aromatic heterocycles. The van der Waals surface area contributed by atoms with Crippen molar-refractivity contribution in [3.05, 3.63) is 82.1 Å². The van der Waals surface area contributed by atoms with Gasteiger partial charge in [-0.1, -0.05) is 18.2 Å². The minimum atomic E-state index is -0.660. The molecule has 184 valence electrons. The van der Waals surface area contributed by atoms with Gasteiger partial charge in [-0.05, 0) is 37.1 Å². The third-order valence-electron chi connectivity index (χ3n) is 5.96. The normalized spacial score (nSPS) is 14.4. The molecule has 1 aromatic carbocycles. The van der Waals surface area contributed by atoms with Crippen molar-refractivity contribution < 1.29 is 14.3 Å². The Morgan fingerprint density at radius 2 is 2.03 bits per heavy atom. The van der Waals surface area contributed by atoms with Crippen molar-refractivity contribution in [3.8, 4) is 5.75 Å². The number of para-hydroxylation sites is 1. The first kappa shape index (κ1) is 23.7. The molecular formula is C26H25N5O4S. The van der Waals surface area contributed by atoms with Crippen molar-refractivity contribution in [2.45, 2.75) is 38.3 Å². The Bertz CT molecular complexity index is 1420. The lowest BCUT2D eigenvalue weighted by atomic mass is 10.2. The van der Waals surface area contributed by atoms with E-state index in [1.165, 1.54) is 10.8 Å². The summed E-state index contributed by atoms with van der Waals surface area (Å²) in [7, 11) is 0. The molecule has 0 radical (unpaired) electrons. The van der Waals surface area contributed by atoms with Gasteiger partial charge in [0.15, 0.2) is 0 Å². The van der Waals surface area contributed by atoms with Gasteiger partial charge in [-0.2, -0.15) is 0 Å². The molecule has 0 saturated heterocycles. The molecule has 1 atom stereocenters. The van der Waals surface area contributed by atoms with Crippen LogP contribution in [0, 0.1) is 0 Å². The largest absolute Gasteiger partial charge is 0.494 e. The van der Waals surface area contributed by atoms with Crippen molar-refractivity contribution in [3.63, 3.8) is 0 Å². The number of carbonyl (C=O) groups excluding carboxylic acids is 2. The third-order valence-corrected chi connectivity index (χ3v) is 7.08. The zero-order valence-electron chi connectivity index (χ0n) is 19.5. The maximum atomic E-state index is 13.1. The van der Waals surface area contributed by atoms with E-state index >= 15 is 0 Å². The van der Waals surface area contributed by atoms with E-state index in [0.29, 0.717) is 38.2 Å². The molecule has 10 heteroatoms. The second kappa shape index (κ2) is 10.7. The highest BCUT2D eigenvalue weighted by Crippen LogP contribution is 2.26.